The Morgan fingerprint density at radius 3 is 2.83 bits per heavy atom. The first kappa shape index (κ1) is 15.4. The van der Waals surface area contributed by atoms with Gasteiger partial charge in [0.05, 0.1) is 0 Å². The lowest BCUT2D eigenvalue weighted by molar-refractivity contribution is 0.0945. The molecular weight excluding hydrogens is 292 g/mol. The molecule has 0 saturated carbocycles. The molecule has 6 heteroatoms. The predicted octanol–water partition coefficient (Wildman–Crippen LogP) is 0.948. The van der Waals surface area contributed by atoms with Gasteiger partial charge >= 0.3 is 0 Å². The van der Waals surface area contributed by atoms with E-state index in [9.17, 15) is 9.59 Å². The fraction of sp³-hybridized carbons (Fsp3) is 0.353. The van der Waals surface area contributed by atoms with Crippen molar-refractivity contribution in [3.8, 4) is 0 Å². The van der Waals surface area contributed by atoms with E-state index in [2.05, 4.69) is 44.7 Å². The normalized spacial score (nSPS) is 14.3. The summed E-state index contributed by atoms with van der Waals surface area (Å²) in [4.78, 5) is 25.2. The Morgan fingerprint density at radius 2 is 2.04 bits per heavy atom. The predicted molar refractivity (Wildman–Crippen MR) is 87.2 cm³/mol. The van der Waals surface area contributed by atoms with E-state index in [-0.39, 0.29) is 17.2 Å². The van der Waals surface area contributed by atoms with Crippen LogP contribution in [0, 0.1) is 0 Å². The molecule has 2 aromatic rings. The summed E-state index contributed by atoms with van der Waals surface area (Å²) in [7, 11) is 0. The largest absolute Gasteiger partial charge is 0.351 e. The lowest BCUT2D eigenvalue weighted by Crippen LogP contribution is -2.34. The minimum absolute atomic E-state index is 0.233. The van der Waals surface area contributed by atoms with Crippen molar-refractivity contribution >= 4 is 5.91 Å². The van der Waals surface area contributed by atoms with Gasteiger partial charge < -0.3 is 5.32 Å². The molecule has 0 bridgehead atoms. The van der Waals surface area contributed by atoms with E-state index in [4.69, 9.17) is 0 Å². The Morgan fingerprint density at radius 1 is 1.22 bits per heavy atom. The van der Waals surface area contributed by atoms with Gasteiger partial charge in [-0.3, -0.25) is 14.5 Å². The van der Waals surface area contributed by atoms with E-state index in [0.29, 0.717) is 6.54 Å². The van der Waals surface area contributed by atoms with Gasteiger partial charge in [0.25, 0.3) is 11.5 Å². The van der Waals surface area contributed by atoms with E-state index in [1.807, 2.05) is 0 Å². The fourth-order valence-corrected chi connectivity index (χ4v) is 2.81. The molecule has 1 aromatic heterocycles. The van der Waals surface area contributed by atoms with Gasteiger partial charge in [-0.05, 0) is 30.0 Å². The number of amides is 1. The zero-order chi connectivity index (χ0) is 16.1. The Labute approximate surface area is 134 Å². The highest BCUT2D eigenvalue weighted by atomic mass is 16.2. The molecule has 2 heterocycles. The topological polar surface area (TPSA) is 78.1 Å². The van der Waals surface area contributed by atoms with Crippen LogP contribution in [0.15, 0.2) is 41.2 Å². The van der Waals surface area contributed by atoms with E-state index >= 15 is 0 Å². The summed E-state index contributed by atoms with van der Waals surface area (Å²) in [5.41, 5.74) is 2.77. The average Bonchev–Trinajstić information content (AvgIpc) is 2.59. The molecule has 0 unspecified atom stereocenters. The van der Waals surface area contributed by atoms with Gasteiger partial charge in [0.1, 0.15) is 5.69 Å². The summed E-state index contributed by atoms with van der Waals surface area (Å²) >= 11 is 0. The third-order valence-electron chi connectivity index (χ3n) is 4.06. The van der Waals surface area contributed by atoms with Crippen LogP contribution in [0.5, 0.6) is 0 Å². The van der Waals surface area contributed by atoms with Crippen LogP contribution in [0.1, 0.15) is 28.0 Å². The van der Waals surface area contributed by atoms with Gasteiger partial charge in [0.15, 0.2) is 0 Å². The number of nitrogens with one attached hydrogen (secondary N) is 2. The number of aromatic nitrogens is 2. The summed E-state index contributed by atoms with van der Waals surface area (Å²) in [5, 5.41) is 8.80. The van der Waals surface area contributed by atoms with Crippen molar-refractivity contribution in [2.75, 3.05) is 19.6 Å². The summed E-state index contributed by atoms with van der Waals surface area (Å²) in [6, 6.07) is 11.3. The average molecular weight is 312 g/mol. The van der Waals surface area contributed by atoms with Gasteiger partial charge in [-0.25, -0.2) is 5.10 Å². The van der Waals surface area contributed by atoms with Crippen LogP contribution >= 0.6 is 0 Å². The van der Waals surface area contributed by atoms with Gasteiger partial charge in [-0.1, -0.05) is 24.3 Å². The summed E-state index contributed by atoms with van der Waals surface area (Å²) in [6.45, 7) is 3.59. The monoisotopic (exact) mass is 312 g/mol. The maximum Gasteiger partial charge on any atom is 0.271 e. The number of carbonyl (C=O) groups excluding carboxylic acids is 1. The van der Waals surface area contributed by atoms with Gasteiger partial charge in [-0.2, -0.15) is 5.10 Å². The molecule has 0 saturated heterocycles. The van der Waals surface area contributed by atoms with Crippen LogP contribution in [-0.2, 0) is 13.0 Å². The zero-order valence-electron chi connectivity index (χ0n) is 12.9. The summed E-state index contributed by atoms with van der Waals surface area (Å²) < 4.78 is 0. The number of hydrogen-bond acceptors (Lipinski definition) is 4. The van der Waals surface area contributed by atoms with Crippen LogP contribution in [0.2, 0.25) is 0 Å². The first-order valence-corrected chi connectivity index (χ1v) is 7.85. The second-order valence-electron chi connectivity index (χ2n) is 5.71. The third-order valence-corrected chi connectivity index (χ3v) is 4.06. The first-order chi connectivity index (χ1) is 11.2. The van der Waals surface area contributed by atoms with Crippen LogP contribution < -0.4 is 10.9 Å². The molecule has 23 heavy (non-hydrogen) atoms. The van der Waals surface area contributed by atoms with E-state index in [0.717, 1.165) is 32.5 Å². The minimum atomic E-state index is -0.313. The summed E-state index contributed by atoms with van der Waals surface area (Å²) in [6.07, 6.45) is 1.97. The van der Waals surface area contributed by atoms with E-state index in [1.165, 1.54) is 23.3 Å². The quantitative estimate of drug-likeness (QED) is 0.806. The Hall–Kier alpha value is -2.47. The Balaban J connectivity index is 1.41. The van der Waals surface area contributed by atoms with Crippen molar-refractivity contribution in [2.45, 2.75) is 19.4 Å². The van der Waals surface area contributed by atoms with Gasteiger partial charge in [0, 0.05) is 32.2 Å². The molecule has 3 rings (SSSR count). The molecule has 120 valence electrons. The van der Waals surface area contributed by atoms with E-state index in [1.54, 1.807) is 0 Å². The maximum absolute atomic E-state index is 11.9. The number of aromatic amines is 1. The molecular formula is C17H20N4O2. The van der Waals surface area contributed by atoms with Crippen molar-refractivity contribution < 1.29 is 4.79 Å². The SMILES string of the molecule is O=C(NCCCN1CCc2ccccc2C1)c1ccc(=O)[nH]n1. The van der Waals surface area contributed by atoms with Crippen molar-refractivity contribution in [1.82, 2.24) is 20.4 Å². The van der Waals surface area contributed by atoms with Crippen molar-refractivity contribution in [3.05, 3.63) is 63.6 Å². The van der Waals surface area contributed by atoms with Crippen molar-refractivity contribution in [3.63, 3.8) is 0 Å². The number of nitrogens with zero attached hydrogens (tertiary/aromatic N) is 2. The molecule has 0 radical (unpaired) electrons. The number of hydrogen-bond donors (Lipinski definition) is 2. The molecule has 1 aliphatic heterocycles. The highest BCUT2D eigenvalue weighted by molar-refractivity contribution is 5.91. The van der Waals surface area contributed by atoms with Crippen LogP contribution in [-0.4, -0.2) is 40.6 Å². The lowest BCUT2D eigenvalue weighted by Gasteiger charge is -2.28. The second kappa shape index (κ2) is 7.19. The van der Waals surface area contributed by atoms with Crippen molar-refractivity contribution in [1.29, 1.82) is 0 Å². The molecule has 1 aliphatic rings. The van der Waals surface area contributed by atoms with E-state index < -0.39 is 0 Å². The minimum Gasteiger partial charge on any atom is -0.351 e. The number of rotatable bonds is 5. The fourth-order valence-electron chi connectivity index (χ4n) is 2.81. The number of H-pyrrole nitrogens is 1. The molecule has 6 nitrogen and oxygen atoms in total. The molecule has 1 aromatic carbocycles. The molecule has 0 atom stereocenters. The smallest absolute Gasteiger partial charge is 0.271 e. The second-order valence-corrected chi connectivity index (χ2v) is 5.71. The highest BCUT2D eigenvalue weighted by Crippen LogP contribution is 2.18. The zero-order valence-corrected chi connectivity index (χ0v) is 12.9. The first-order valence-electron chi connectivity index (χ1n) is 7.85. The Bertz CT molecular complexity index is 721. The molecule has 0 aliphatic carbocycles. The standard InChI is InChI=1S/C17H20N4O2/c22-16-7-6-15(19-20-16)17(23)18-9-3-10-21-11-8-13-4-1-2-5-14(13)12-21/h1-2,4-7H,3,8-12H2,(H,18,23)(H,20,22). The van der Waals surface area contributed by atoms with Crippen LogP contribution in [0.4, 0.5) is 0 Å². The molecule has 1 amide bonds. The number of carbonyl (C=O) groups is 1. The van der Waals surface area contributed by atoms with Crippen LogP contribution in [0.3, 0.4) is 0 Å². The number of fused-ring (bicyclic) bond motifs is 1. The number of benzene rings is 1. The Kier molecular flexibility index (Phi) is 4.83. The molecule has 0 fully saturated rings. The van der Waals surface area contributed by atoms with Gasteiger partial charge in [0.2, 0.25) is 0 Å². The van der Waals surface area contributed by atoms with Crippen molar-refractivity contribution in [2.24, 2.45) is 0 Å². The third kappa shape index (κ3) is 4.04. The molecule has 2 N–H and O–H groups in total. The lowest BCUT2D eigenvalue weighted by atomic mass is 10.00. The molecule has 0 spiro atoms. The van der Waals surface area contributed by atoms with Crippen LogP contribution in [0.25, 0.3) is 0 Å². The highest BCUT2D eigenvalue weighted by Gasteiger charge is 2.15. The maximum atomic E-state index is 11.9. The van der Waals surface area contributed by atoms with Gasteiger partial charge in [-0.15, -0.1) is 0 Å². The summed E-state index contributed by atoms with van der Waals surface area (Å²) in [5.74, 6) is -0.259.